The summed E-state index contributed by atoms with van der Waals surface area (Å²) in [4.78, 5) is 4.23. The van der Waals surface area contributed by atoms with Crippen molar-refractivity contribution in [3.63, 3.8) is 0 Å². The minimum atomic E-state index is 0.754. The monoisotopic (exact) mass is 276 g/mol. The predicted molar refractivity (Wildman–Crippen MR) is 82.9 cm³/mol. The van der Waals surface area contributed by atoms with Crippen molar-refractivity contribution in [2.75, 3.05) is 26.2 Å². The van der Waals surface area contributed by atoms with Gasteiger partial charge in [-0.15, -0.1) is 11.8 Å². The van der Waals surface area contributed by atoms with Crippen LogP contribution in [0.15, 0.2) is 29.2 Å². The number of hydrogen-bond donors (Lipinski definition) is 1. The summed E-state index contributed by atoms with van der Waals surface area (Å²) < 4.78 is 0. The van der Waals surface area contributed by atoms with E-state index in [1.165, 1.54) is 50.3 Å². The largest absolute Gasteiger partial charge is 0.315 e. The zero-order valence-corrected chi connectivity index (χ0v) is 12.6. The van der Waals surface area contributed by atoms with E-state index in [9.17, 15) is 0 Å². The van der Waals surface area contributed by atoms with E-state index >= 15 is 0 Å². The van der Waals surface area contributed by atoms with Gasteiger partial charge in [-0.3, -0.25) is 4.90 Å². The zero-order chi connectivity index (χ0) is 13.1. The Balaban J connectivity index is 1.61. The first kappa shape index (κ1) is 13.5. The summed E-state index contributed by atoms with van der Waals surface area (Å²) in [6, 6.07) is 9.68. The molecule has 1 fully saturated rings. The lowest BCUT2D eigenvalue weighted by atomic mass is 10.1. The number of fused-ring (bicyclic) bond motifs is 1. The predicted octanol–water partition coefficient (Wildman–Crippen LogP) is 2.78. The van der Waals surface area contributed by atoms with E-state index < -0.39 is 0 Å². The third-order valence-electron chi connectivity index (χ3n) is 4.21. The van der Waals surface area contributed by atoms with Gasteiger partial charge in [0.05, 0.1) is 0 Å². The molecule has 1 aromatic rings. The molecule has 2 atom stereocenters. The van der Waals surface area contributed by atoms with E-state index in [0.29, 0.717) is 0 Å². The molecule has 2 unspecified atom stereocenters. The smallest absolute Gasteiger partial charge is 0.0263 e. The standard InChI is InChI=1S/C16H24N2S/c1-2-9-18(14-7-8-17-11-14)12-15-10-13-5-3-4-6-16(13)19-15/h3-6,14-15,17H,2,7-12H2,1H3. The highest BCUT2D eigenvalue weighted by molar-refractivity contribution is 8.00. The first-order valence-electron chi connectivity index (χ1n) is 7.56. The number of thioether (sulfide) groups is 1. The summed E-state index contributed by atoms with van der Waals surface area (Å²) >= 11 is 2.09. The molecule has 0 aliphatic carbocycles. The molecule has 0 spiro atoms. The van der Waals surface area contributed by atoms with Gasteiger partial charge in [0.1, 0.15) is 0 Å². The summed E-state index contributed by atoms with van der Waals surface area (Å²) in [6.45, 7) is 7.18. The first-order chi connectivity index (χ1) is 9.36. The molecule has 3 rings (SSSR count). The van der Waals surface area contributed by atoms with Crippen molar-refractivity contribution in [1.82, 2.24) is 10.2 Å². The molecule has 3 heteroatoms. The van der Waals surface area contributed by atoms with Gasteiger partial charge in [-0.1, -0.05) is 25.1 Å². The third kappa shape index (κ3) is 3.15. The fraction of sp³-hybridized carbons (Fsp3) is 0.625. The summed E-state index contributed by atoms with van der Waals surface area (Å²) in [5, 5.41) is 4.26. The van der Waals surface area contributed by atoms with E-state index in [1.807, 2.05) is 0 Å². The third-order valence-corrected chi connectivity index (χ3v) is 5.51. The maximum Gasteiger partial charge on any atom is 0.0263 e. The molecule has 0 saturated carbocycles. The fourth-order valence-electron chi connectivity index (χ4n) is 3.28. The van der Waals surface area contributed by atoms with E-state index in [4.69, 9.17) is 0 Å². The van der Waals surface area contributed by atoms with Crippen LogP contribution in [0.1, 0.15) is 25.3 Å². The van der Waals surface area contributed by atoms with Gasteiger partial charge >= 0.3 is 0 Å². The van der Waals surface area contributed by atoms with Crippen molar-refractivity contribution in [3.8, 4) is 0 Å². The van der Waals surface area contributed by atoms with Crippen LogP contribution in [-0.2, 0) is 6.42 Å². The van der Waals surface area contributed by atoms with Crippen LogP contribution in [0.25, 0.3) is 0 Å². The topological polar surface area (TPSA) is 15.3 Å². The maximum absolute atomic E-state index is 3.50. The lowest BCUT2D eigenvalue weighted by molar-refractivity contribution is 0.209. The van der Waals surface area contributed by atoms with Crippen LogP contribution in [0.2, 0.25) is 0 Å². The number of benzene rings is 1. The number of rotatable bonds is 5. The van der Waals surface area contributed by atoms with Crippen LogP contribution >= 0.6 is 11.8 Å². The molecule has 19 heavy (non-hydrogen) atoms. The molecule has 1 saturated heterocycles. The molecule has 0 radical (unpaired) electrons. The van der Waals surface area contributed by atoms with E-state index in [0.717, 1.165) is 11.3 Å². The van der Waals surface area contributed by atoms with Crippen LogP contribution in [0.3, 0.4) is 0 Å². The first-order valence-corrected chi connectivity index (χ1v) is 8.44. The Morgan fingerprint density at radius 3 is 3.00 bits per heavy atom. The minimum absolute atomic E-state index is 0.754. The molecule has 104 valence electrons. The van der Waals surface area contributed by atoms with Crippen LogP contribution in [0.4, 0.5) is 0 Å². The molecular weight excluding hydrogens is 252 g/mol. The highest BCUT2D eigenvalue weighted by atomic mass is 32.2. The Hall–Kier alpha value is -0.510. The highest BCUT2D eigenvalue weighted by Crippen LogP contribution is 2.37. The van der Waals surface area contributed by atoms with Crippen LogP contribution in [0, 0.1) is 0 Å². The summed E-state index contributed by atoms with van der Waals surface area (Å²) in [6.07, 6.45) is 3.84. The van der Waals surface area contributed by atoms with Crippen molar-refractivity contribution in [2.24, 2.45) is 0 Å². The van der Waals surface area contributed by atoms with Gasteiger partial charge in [0, 0.05) is 29.3 Å². The van der Waals surface area contributed by atoms with Crippen LogP contribution in [-0.4, -0.2) is 42.4 Å². The Bertz CT molecular complexity index is 390. The van der Waals surface area contributed by atoms with Gasteiger partial charge in [0.15, 0.2) is 0 Å². The average Bonchev–Trinajstić information content (AvgIpc) is 3.07. The molecule has 0 aromatic heterocycles. The number of nitrogens with zero attached hydrogens (tertiary/aromatic N) is 1. The molecule has 2 aliphatic rings. The molecule has 1 aromatic carbocycles. The Kier molecular flexibility index (Phi) is 4.46. The second-order valence-electron chi connectivity index (χ2n) is 5.69. The fourth-order valence-corrected chi connectivity index (χ4v) is 4.63. The van der Waals surface area contributed by atoms with Crippen LogP contribution < -0.4 is 5.32 Å². The van der Waals surface area contributed by atoms with Gasteiger partial charge in [0.2, 0.25) is 0 Å². The minimum Gasteiger partial charge on any atom is -0.315 e. The quantitative estimate of drug-likeness (QED) is 0.890. The second kappa shape index (κ2) is 6.29. The van der Waals surface area contributed by atoms with Gasteiger partial charge in [-0.05, 0) is 44.0 Å². The van der Waals surface area contributed by atoms with Crippen LogP contribution in [0.5, 0.6) is 0 Å². The van der Waals surface area contributed by atoms with Gasteiger partial charge in [-0.25, -0.2) is 0 Å². The van der Waals surface area contributed by atoms with Crippen molar-refractivity contribution >= 4 is 11.8 Å². The lowest BCUT2D eigenvalue weighted by Crippen LogP contribution is -2.41. The van der Waals surface area contributed by atoms with Crippen molar-refractivity contribution < 1.29 is 0 Å². The van der Waals surface area contributed by atoms with Crippen molar-refractivity contribution in [1.29, 1.82) is 0 Å². The molecule has 2 aliphatic heterocycles. The Labute approximate surface area is 121 Å². The maximum atomic E-state index is 3.50. The average molecular weight is 276 g/mol. The summed E-state index contributed by atoms with van der Waals surface area (Å²) in [5.41, 5.74) is 1.55. The summed E-state index contributed by atoms with van der Waals surface area (Å²) in [7, 11) is 0. The van der Waals surface area contributed by atoms with Crippen molar-refractivity contribution in [2.45, 2.75) is 42.4 Å². The van der Waals surface area contributed by atoms with E-state index in [-0.39, 0.29) is 0 Å². The molecular formula is C16H24N2S. The SMILES string of the molecule is CCCN(CC1Cc2ccccc2S1)C1CCNC1. The van der Waals surface area contributed by atoms with E-state index in [2.05, 4.69) is 53.2 Å². The van der Waals surface area contributed by atoms with E-state index in [1.54, 1.807) is 5.56 Å². The molecule has 1 N–H and O–H groups in total. The molecule has 0 bridgehead atoms. The normalized spacial score (nSPS) is 26.0. The van der Waals surface area contributed by atoms with Gasteiger partial charge < -0.3 is 5.32 Å². The highest BCUT2D eigenvalue weighted by Gasteiger charge is 2.28. The Morgan fingerprint density at radius 1 is 1.37 bits per heavy atom. The number of nitrogens with one attached hydrogen (secondary N) is 1. The van der Waals surface area contributed by atoms with Gasteiger partial charge in [-0.2, -0.15) is 0 Å². The summed E-state index contributed by atoms with van der Waals surface area (Å²) in [5.74, 6) is 0. The Morgan fingerprint density at radius 2 is 2.26 bits per heavy atom. The van der Waals surface area contributed by atoms with Crippen molar-refractivity contribution in [3.05, 3.63) is 29.8 Å². The zero-order valence-electron chi connectivity index (χ0n) is 11.8. The molecule has 2 heterocycles. The number of hydrogen-bond acceptors (Lipinski definition) is 3. The van der Waals surface area contributed by atoms with Gasteiger partial charge in [0.25, 0.3) is 0 Å². The molecule has 0 amide bonds. The lowest BCUT2D eigenvalue weighted by Gasteiger charge is -2.30. The second-order valence-corrected chi connectivity index (χ2v) is 7.04. The molecule has 2 nitrogen and oxygen atoms in total.